The van der Waals surface area contributed by atoms with E-state index < -0.39 is 0 Å². The molecule has 0 radical (unpaired) electrons. The third-order valence-electron chi connectivity index (χ3n) is 0. The van der Waals surface area contributed by atoms with Crippen molar-refractivity contribution < 1.29 is 48.2 Å². The van der Waals surface area contributed by atoms with E-state index >= 15 is 0 Å². The Morgan fingerprint density at radius 1 is 0.667 bits per heavy atom. The van der Waals surface area contributed by atoms with Crippen LogP contribution in [-0.4, -0.2) is 5.48 Å². The molecule has 0 fully saturated rings. The Kier molecular flexibility index (Phi) is 2220. The molecule has 0 aromatic heterocycles. The van der Waals surface area contributed by atoms with Gasteiger partial charge in [-0.2, -0.15) is 0 Å². The average Bonchev–Trinajstić information content (AvgIpc) is 1.50. The predicted octanol–water partition coefficient (Wildman–Crippen LogP) is -5.58. The Balaban J connectivity index is -0.00000000500. The SMILES string of the molecule is O.[O-][O-].[O-][O-].[Ti+4]. The molecule has 0 aromatic rings. The second-order valence-corrected chi connectivity index (χ2v) is 0. The van der Waals surface area contributed by atoms with E-state index in [2.05, 4.69) is 0 Å². The van der Waals surface area contributed by atoms with Crippen LogP contribution in [0, 0.1) is 0 Å². The molecule has 0 heterocycles. The maximum absolute atomic E-state index is 7.00. The van der Waals surface area contributed by atoms with E-state index in [1.165, 1.54) is 0 Å². The van der Waals surface area contributed by atoms with Crippen molar-refractivity contribution in [2.45, 2.75) is 0 Å². The zero-order chi connectivity index (χ0) is 4.00. The summed E-state index contributed by atoms with van der Waals surface area (Å²) in [5.41, 5.74) is 0. The molecule has 0 aromatic carbocycles. The predicted molar refractivity (Wildman–Crippen MR) is 3.61 cm³/mol. The Hall–Kier alpha value is 0.514. The quantitative estimate of drug-likeness (QED) is 0.184. The zero-order valence-electron chi connectivity index (χ0n) is 2.63. The summed E-state index contributed by atoms with van der Waals surface area (Å²) in [6, 6.07) is 0. The van der Waals surface area contributed by atoms with Gasteiger partial charge >= 0.3 is 21.7 Å². The summed E-state index contributed by atoms with van der Waals surface area (Å²) in [5, 5.41) is 28.0. The van der Waals surface area contributed by atoms with Gasteiger partial charge in [-0.15, -0.1) is 0 Å². The van der Waals surface area contributed by atoms with Crippen molar-refractivity contribution >= 4 is 0 Å². The van der Waals surface area contributed by atoms with Crippen LogP contribution in [0.2, 0.25) is 0 Å². The maximum atomic E-state index is 7.00. The summed E-state index contributed by atoms with van der Waals surface area (Å²) < 4.78 is 0. The van der Waals surface area contributed by atoms with Crippen molar-refractivity contribution in [3.8, 4) is 0 Å². The molecular weight excluding hydrogens is 128 g/mol. The number of rotatable bonds is 0. The first-order valence-electron chi connectivity index (χ1n) is 0.333. The second-order valence-electron chi connectivity index (χ2n) is 0. The molecule has 2 N–H and O–H groups in total. The van der Waals surface area contributed by atoms with Gasteiger partial charge in [0, 0.05) is 0 Å². The minimum absolute atomic E-state index is 0. The standard InChI is InChI=1S/2O2.H2O.Ti/c2*1-2;;/h;;1H2;/q2*-2;;+4. The third-order valence-corrected chi connectivity index (χ3v) is 0. The average molecular weight is 130 g/mol. The van der Waals surface area contributed by atoms with Crippen molar-refractivity contribution in [3.05, 3.63) is 0 Å². The minimum Gasteiger partial charge on any atom is -1.00 e. The van der Waals surface area contributed by atoms with Crippen LogP contribution in [0.15, 0.2) is 0 Å². The molecule has 0 aliphatic carbocycles. The van der Waals surface area contributed by atoms with E-state index in [9.17, 15) is 0 Å². The molecule has 0 unspecified atom stereocenters. The van der Waals surface area contributed by atoms with Gasteiger partial charge in [0.05, 0.1) is 0 Å². The molecule has 0 amide bonds. The molecule has 6 heteroatoms. The number of hydrogen-bond donors (Lipinski definition) is 0. The fourth-order valence-corrected chi connectivity index (χ4v) is 0. The largest absolute Gasteiger partial charge is 4.00 e. The molecule has 0 saturated heterocycles. The summed E-state index contributed by atoms with van der Waals surface area (Å²) in [4.78, 5) is 0. The van der Waals surface area contributed by atoms with Crippen molar-refractivity contribution in [1.29, 1.82) is 0 Å². The fraction of sp³-hybridized carbons (Fsp3) is 0. The maximum Gasteiger partial charge on any atom is 4.00 e. The third kappa shape index (κ3) is 211. The normalized spacial score (nSPS) is 2.00. The summed E-state index contributed by atoms with van der Waals surface area (Å²) in [6.07, 6.45) is 0. The molecule has 0 spiro atoms. The van der Waals surface area contributed by atoms with Crippen LogP contribution < -0.4 is 21.0 Å². The monoisotopic (exact) mass is 130 g/mol. The van der Waals surface area contributed by atoms with Gasteiger partial charge in [-0.3, -0.25) is 0 Å². The molecular formula is H2O5Ti. The molecule has 0 atom stereocenters. The second kappa shape index (κ2) is 425. The summed E-state index contributed by atoms with van der Waals surface area (Å²) in [7, 11) is 0. The van der Waals surface area contributed by atoms with Crippen molar-refractivity contribution in [2.24, 2.45) is 0 Å². The van der Waals surface area contributed by atoms with Crippen molar-refractivity contribution in [3.63, 3.8) is 0 Å². The Labute approximate surface area is 48.9 Å². The molecule has 0 rings (SSSR count). The summed E-state index contributed by atoms with van der Waals surface area (Å²) >= 11 is 0. The van der Waals surface area contributed by atoms with Crippen LogP contribution in [0.3, 0.4) is 0 Å². The molecule has 0 aliphatic rings. The van der Waals surface area contributed by atoms with Gasteiger partial charge in [0.2, 0.25) is 0 Å². The molecule has 0 aliphatic heterocycles. The van der Waals surface area contributed by atoms with Gasteiger partial charge in [0.25, 0.3) is 0 Å². The first kappa shape index (κ1) is 31.3. The smallest absolute Gasteiger partial charge is 1.00 e. The minimum atomic E-state index is 0. The zero-order valence-corrected chi connectivity index (χ0v) is 4.19. The first-order chi connectivity index (χ1) is 2.00. The molecule has 5 nitrogen and oxygen atoms in total. The van der Waals surface area contributed by atoms with Crippen LogP contribution in [0.5, 0.6) is 0 Å². The molecule has 6 heavy (non-hydrogen) atoms. The van der Waals surface area contributed by atoms with Gasteiger partial charge in [-0.25, -0.2) is 0 Å². The molecule has 36 valence electrons. The van der Waals surface area contributed by atoms with E-state index in [1.807, 2.05) is 0 Å². The molecule has 0 saturated carbocycles. The summed E-state index contributed by atoms with van der Waals surface area (Å²) in [5.74, 6) is 0. The van der Waals surface area contributed by atoms with Gasteiger partial charge in [-0.05, 0) is 0 Å². The van der Waals surface area contributed by atoms with E-state index in [0.29, 0.717) is 0 Å². The van der Waals surface area contributed by atoms with Gasteiger partial charge in [-0.1, -0.05) is 0 Å². The summed E-state index contributed by atoms with van der Waals surface area (Å²) in [6.45, 7) is 0. The Morgan fingerprint density at radius 2 is 0.667 bits per heavy atom. The first-order valence-corrected chi connectivity index (χ1v) is 0.333. The van der Waals surface area contributed by atoms with Gasteiger partial charge in [0.1, 0.15) is 0 Å². The van der Waals surface area contributed by atoms with Gasteiger partial charge < -0.3 is 26.5 Å². The fourth-order valence-electron chi connectivity index (χ4n) is 0. The van der Waals surface area contributed by atoms with Crippen LogP contribution in [0.25, 0.3) is 0 Å². The van der Waals surface area contributed by atoms with Crippen LogP contribution in [-0.2, 0) is 21.7 Å². The van der Waals surface area contributed by atoms with E-state index in [0.717, 1.165) is 0 Å². The van der Waals surface area contributed by atoms with Crippen molar-refractivity contribution in [2.75, 3.05) is 0 Å². The van der Waals surface area contributed by atoms with E-state index in [1.54, 1.807) is 0 Å². The van der Waals surface area contributed by atoms with Crippen LogP contribution in [0.1, 0.15) is 0 Å². The van der Waals surface area contributed by atoms with Crippen molar-refractivity contribution in [1.82, 2.24) is 0 Å². The van der Waals surface area contributed by atoms with E-state index in [-0.39, 0.29) is 27.2 Å². The topological polar surface area (TPSA) is 124 Å². The number of hydrogen-bond acceptors (Lipinski definition) is 4. The van der Waals surface area contributed by atoms with Gasteiger partial charge in [0.15, 0.2) is 0 Å². The molecule has 0 bridgehead atoms. The van der Waals surface area contributed by atoms with Crippen LogP contribution >= 0.6 is 0 Å². The Bertz CT molecular complexity index is 3.90. The van der Waals surface area contributed by atoms with E-state index in [4.69, 9.17) is 21.0 Å². The Morgan fingerprint density at radius 3 is 0.667 bits per heavy atom. The van der Waals surface area contributed by atoms with Crippen LogP contribution in [0.4, 0.5) is 0 Å².